The molecule has 0 saturated heterocycles. The van der Waals surface area contributed by atoms with Crippen molar-refractivity contribution in [3.8, 4) is 0 Å². The van der Waals surface area contributed by atoms with Crippen molar-refractivity contribution in [3.63, 3.8) is 0 Å². The second-order valence-corrected chi connectivity index (χ2v) is 9.32. The van der Waals surface area contributed by atoms with E-state index in [9.17, 15) is 23.3 Å². The molecule has 33 heavy (non-hydrogen) atoms. The molecule has 0 amide bonds. The first-order valence-corrected chi connectivity index (χ1v) is 11.6. The highest BCUT2D eigenvalue weighted by molar-refractivity contribution is 7.92. The molecule has 1 N–H and O–H groups in total. The van der Waals surface area contributed by atoms with Crippen molar-refractivity contribution in [2.45, 2.75) is 24.7 Å². The number of nitrogens with one attached hydrogen (secondary N) is 1. The average Bonchev–Trinajstić information content (AvgIpc) is 3.38. The number of carbonyl (C=O) groups excluding carboxylic acids is 1. The van der Waals surface area contributed by atoms with Crippen LogP contribution in [0, 0.1) is 17.0 Å². The smallest absolute Gasteiger partial charge is 0.263 e. The van der Waals surface area contributed by atoms with Gasteiger partial charge in [0, 0.05) is 22.8 Å². The fourth-order valence-electron chi connectivity index (χ4n) is 3.91. The molecule has 0 fully saturated rings. The van der Waals surface area contributed by atoms with Crippen LogP contribution in [0.2, 0.25) is 0 Å². The zero-order valence-electron chi connectivity index (χ0n) is 17.9. The standard InChI is InChI=1S/C23H21N3O6S/c1-15-9-11-17(12-10-15)33(30,31)24-23-22(19(14-25(28)29)21-8-5-13-32-21)18-6-3-4-7-20(18)26(23)16(2)27/h3-13,19,24H,14H2,1-2H3. The van der Waals surface area contributed by atoms with Gasteiger partial charge < -0.3 is 4.42 Å². The average molecular weight is 468 g/mol. The van der Waals surface area contributed by atoms with Gasteiger partial charge in [0.25, 0.3) is 10.0 Å². The van der Waals surface area contributed by atoms with E-state index in [0.29, 0.717) is 16.5 Å². The molecule has 0 aliphatic heterocycles. The number of hydrogen-bond donors (Lipinski definition) is 1. The lowest BCUT2D eigenvalue weighted by molar-refractivity contribution is -0.482. The van der Waals surface area contributed by atoms with Crippen LogP contribution in [0.4, 0.5) is 5.82 Å². The van der Waals surface area contributed by atoms with Crippen LogP contribution in [0.25, 0.3) is 10.9 Å². The number of sulfonamides is 1. The highest BCUT2D eigenvalue weighted by Gasteiger charge is 2.33. The molecule has 1 atom stereocenters. The second-order valence-electron chi connectivity index (χ2n) is 7.64. The highest BCUT2D eigenvalue weighted by atomic mass is 32.2. The maximum absolute atomic E-state index is 13.3. The van der Waals surface area contributed by atoms with Crippen LogP contribution in [0.3, 0.4) is 0 Å². The summed E-state index contributed by atoms with van der Waals surface area (Å²) in [4.78, 5) is 23.7. The lowest BCUT2D eigenvalue weighted by Crippen LogP contribution is -2.21. The minimum absolute atomic E-state index is 0.00299. The quantitative estimate of drug-likeness (QED) is 0.317. The fourth-order valence-corrected chi connectivity index (χ4v) is 4.98. The first kappa shape index (κ1) is 22.3. The molecule has 0 aliphatic rings. The van der Waals surface area contributed by atoms with Gasteiger partial charge >= 0.3 is 0 Å². The van der Waals surface area contributed by atoms with Crippen molar-refractivity contribution in [1.29, 1.82) is 0 Å². The maximum atomic E-state index is 13.3. The number of furan rings is 1. The zero-order valence-corrected chi connectivity index (χ0v) is 18.7. The van der Waals surface area contributed by atoms with Gasteiger partial charge in [-0.1, -0.05) is 35.9 Å². The van der Waals surface area contributed by atoms with Crippen molar-refractivity contribution < 1.29 is 22.6 Å². The molecule has 0 spiro atoms. The van der Waals surface area contributed by atoms with Gasteiger partial charge in [0.05, 0.1) is 16.7 Å². The fraction of sp³-hybridized carbons (Fsp3) is 0.174. The van der Waals surface area contributed by atoms with Crippen molar-refractivity contribution >= 4 is 32.7 Å². The largest absolute Gasteiger partial charge is 0.468 e. The van der Waals surface area contributed by atoms with E-state index in [1.165, 1.54) is 29.9 Å². The summed E-state index contributed by atoms with van der Waals surface area (Å²) in [7, 11) is -4.11. The van der Waals surface area contributed by atoms with Crippen molar-refractivity contribution in [2.75, 3.05) is 11.3 Å². The Hall–Kier alpha value is -3.92. The van der Waals surface area contributed by atoms with Gasteiger partial charge in [-0.05, 0) is 37.3 Å². The van der Waals surface area contributed by atoms with Crippen molar-refractivity contribution in [3.05, 3.63) is 93.9 Å². The van der Waals surface area contributed by atoms with Crippen molar-refractivity contribution in [1.82, 2.24) is 4.57 Å². The van der Waals surface area contributed by atoms with E-state index in [-0.39, 0.29) is 16.5 Å². The van der Waals surface area contributed by atoms with Crippen LogP contribution >= 0.6 is 0 Å². The van der Waals surface area contributed by atoms with Gasteiger partial charge in [-0.3, -0.25) is 24.2 Å². The monoisotopic (exact) mass is 467 g/mol. The van der Waals surface area contributed by atoms with E-state index in [1.807, 2.05) is 6.92 Å². The molecule has 10 heteroatoms. The third-order valence-electron chi connectivity index (χ3n) is 5.36. The van der Waals surface area contributed by atoms with E-state index in [0.717, 1.165) is 5.56 Å². The van der Waals surface area contributed by atoms with E-state index >= 15 is 0 Å². The maximum Gasteiger partial charge on any atom is 0.263 e. The Balaban J connectivity index is 2.00. The number of aryl methyl sites for hydroxylation is 1. The van der Waals surface area contributed by atoms with E-state index < -0.39 is 33.3 Å². The normalized spacial score (nSPS) is 12.5. The summed E-state index contributed by atoms with van der Waals surface area (Å²) in [5.74, 6) is -1.14. The summed E-state index contributed by atoms with van der Waals surface area (Å²) in [6.07, 6.45) is 1.39. The molecule has 0 saturated carbocycles. The number of rotatable bonds is 7. The summed E-state index contributed by atoms with van der Waals surface area (Å²) in [5.41, 5.74) is 1.61. The minimum Gasteiger partial charge on any atom is -0.468 e. The van der Waals surface area contributed by atoms with Crippen LogP contribution in [-0.2, 0) is 10.0 Å². The number of para-hydroxylation sites is 1. The van der Waals surface area contributed by atoms with Crippen molar-refractivity contribution in [2.24, 2.45) is 0 Å². The van der Waals surface area contributed by atoms with Crippen LogP contribution in [0.15, 0.2) is 76.2 Å². The molecular formula is C23H21N3O6S. The number of hydrogen-bond acceptors (Lipinski definition) is 6. The van der Waals surface area contributed by atoms with Gasteiger partial charge in [-0.2, -0.15) is 0 Å². The Labute approximate surface area is 189 Å². The number of anilines is 1. The Kier molecular flexibility index (Phi) is 5.77. The minimum atomic E-state index is -4.11. The van der Waals surface area contributed by atoms with Gasteiger partial charge in [0.1, 0.15) is 17.5 Å². The Morgan fingerprint density at radius 2 is 1.82 bits per heavy atom. The second kappa shape index (κ2) is 8.55. The van der Waals surface area contributed by atoms with Crippen LogP contribution in [-0.4, -0.2) is 30.4 Å². The van der Waals surface area contributed by atoms with Crippen LogP contribution in [0.1, 0.15) is 34.5 Å². The van der Waals surface area contributed by atoms with E-state index in [4.69, 9.17) is 4.42 Å². The molecular weight excluding hydrogens is 446 g/mol. The molecule has 0 aliphatic carbocycles. The van der Waals surface area contributed by atoms with Gasteiger partial charge in [0.15, 0.2) is 0 Å². The molecule has 2 heterocycles. The number of benzene rings is 2. The number of fused-ring (bicyclic) bond motifs is 1. The summed E-state index contributed by atoms with van der Waals surface area (Å²) in [6.45, 7) is 2.58. The molecule has 2 aromatic carbocycles. The van der Waals surface area contributed by atoms with Gasteiger partial charge in [0.2, 0.25) is 12.5 Å². The molecule has 1 unspecified atom stereocenters. The molecule has 4 aromatic rings. The van der Waals surface area contributed by atoms with Gasteiger partial charge in [-0.15, -0.1) is 0 Å². The molecule has 2 aromatic heterocycles. The Bertz CT molecular complexity index is 1440. The van der Waals surface area contributed by atoms with Crippen LogP contribution < -0.4 is 4.72 Å². The summed E-state index contributed by atoms with van der Waals surface area (Å²) in [5, 5.41) is 12.1. The molecule has 0 radical (unpaired) electrons. The van der Waals surface area contributed by atoms with Gasteiger partial charge in [-0.25, -0.2) is 8.42 Å². The predicted molar refractivity (Wildman–Crippen MR) is 123 cm³/mol. The molecule has 0 bridgehead atoms. The Morgan fingerprint density at radius 3 is 2.42 bits per heavy atom. The van der Waals surface area contributed by atoms with Crippen LogP contribution in [0.5, 0.6) is 0 Å². The topological polar surface area (TPSA) is 124 Å². The SMILES string of the molecule is CC(=O)n1c(NS(=O)(=O)c2ccc(C)cc2)c(C(C[N+](=O)[O-])c2ccco2)c2ccccc21. The summed E-state index contributed by atoms with van der Waals surface area (Å²) < 4.78 is 35.7. The summed E-state index contributed by atoms with van der Waals surface area (Å²) in [6, 6.07) is 16.2. The van der Waals surface area contributed by atoms with E-state index in [1.54, 1.807) is 48.5 Å². The number of nitrogens with zero attached hydrogens (tertiary/aromatic N) is 2. The molecule has 170 valence electrons. The first-order valence-electron chi connectivity index (χ1n) is 10.1. The lowest BCUT2D eigenvalue weighted by Gasteiger charge is -2.16. The Morgan fingerprint density at radius 1 is 1.12 bits per heavy atom. The third kappa shape index (κ3) is 4.24. The van der Waals surface area contributed by atoms with E-state index in [2.05, 4.69) is 4.72 Å². The molecule has 4 rings (SSSR count). The number of carbonyl (C=O) groups is 1. The third-order valence-corrected chi connectivity index (χ3v) is 6.71. The predicted octanol–water partition coefficient (Wildman–Crippen LogP) is 4.41. The zero-order chi connectivity index (χ0) is 23.8. The lowest BCUT2D eigenvalue weighted by atomic mass is 9.95. The number of nitro groups is 1. The molecule has 9 nitrogen and oxygen atoms in total. The first-order chi connectivity index (χ1) is 15.7. The summed E-state index contributed by atoms with van der Waals surface area (Å²) >= 11 is 0. The highest BCUT2D eigenvalue weighted by Crippen LogP contribution is 2.40. The number of aromatic nitrogens is 1.